The average Bonchev–Trinajstić information content (AvgIpc) is 3.37. The minimum absolute atomic E-state index is 0.0950. The molecule has 1 atom stereocenters. The lowest BCUT2D eigenvalue weighted by Gasteiger charge is -2.26. The van der Waals surface area contributed by atoms with Crippen LogP contribution in [0.1, 0.15) is 34.7 Å². The molecule has 2 aromatic heterocycles. The van der Waals surface area contributed by atoms with Crippen LogP contribution in [0.15, 0.2) is 30.3 Å². The van der Waals surface area contributed by atoms with Gasteiger partial charge in [-0.1, -0.05) is 23.5 Å². The number of benzene rings is 2. The van der Waals surface area contributed by atoms with Crippen molar-refractivity contribution < 1.29 is 19.0 Å². The minimum atomic E-state index is -0.256. The zero-order valence-electron chi connectivity index (χ0n) is 19.1. The molecule has 1 aliphatic rings. The van der Waals surface area contributed by atoms with Gasteiger partial charge in [0.05, 0.1) is 37.2 Å². The van der Waals surface area contributed by atoms with Gasteiger partial charge in [0.2, 0.25) is 16.8 Å². The van der Waals surface area contributed by atoms with E-state index in [4.69, 9.17) is 24.3 Å². The molecule has 1 N–H and O–H groups in total. The number of ether oxygens (including phenoxy) is 3. The first-order chi connectivity index (χ1) is 15.9. The fraction of sp³-hybridized carbons (Fsp3) is 0.292. The van der Waals surface area contributed by atoms with Gasteiger partial charge >= 0.3 is 0 Å². The van der Waals surface area contributed by atoms with E-state index in [9.17, 15) is 4.79 Å². The molecule has 3 heterocycles. The first-order valence-corrected chi connectivity index (χ1v) is 11.3. The Labute approximate surface area is 195 Å². The lowest BCUT2D eigenvalue weighted by Crippen LogP contribution is -2.25. The third-order valence-electron chi connectivity index (χ3n) is 5.93. The maximum atomic E-state index is 12.8. The van der Waals surface area contributed by atoms with Crippen LogP contribution in [0.25, 0.3) is 15.3 Å². The summed E-state index contributed by atoms with van der Waals surface area (Å²) in [6.07, 6.45) is 0.268. The average molecular weight is 465 g/mol. The third-order valence-corrected chi connectivity index (χ3v) is 6.92. The first kappa shape index (κ1) is 21.3. The fourth-order valence-electron chi connectivity index (χ4n) is 4.46. The molecule has 0 radical (unpaired) electrons. The second kappa shape index (κ2) is 8.08. The van der Waals surface area contributed by atoms with Crippen molar-refractivity contribution in [3.8, 4) is 22.4 Å². The van der Waals surface area contributed by atoms with E-state index < -0.39 is 0 Å². The Morgan fingerprint density at radius 2 is 1.85 bits per heavy atom. The van der Waals surface area contributed by atoms with E-state index in [0.717, 1.165) is 27.0 Å². The summed E-state index contributed by atoms with van der Waals surface area (Å²) in [6, 6.07) is 9.90. The van der Waals surface area contributed by atoms with Crippen LogP contribution in [0.2, 0.25) is 0 Å². The van der Waals surface area contributed by atoms with Gasteiger partial charge in [0.25, 0.3) is 0 Å². The van der Waals surface area contributed by atoms with Crippen LogP contribution in [0.5, 0.6) is 17.2 Å². The molecule has 0 aliphatic carbocycles. The van der Waals surface area contributed by atoms with Crippen LogP contribution in [0.3, 0.4) is 0 Å². The number of thiazole rings is 1. The summed E-state index contributed by atoms with van der Waals surface area (Å²) in [5, 5.41) is 8.51. The van der Waals surface area contributed by atoms with Crippen molar-refractivity contribution in [2.45, 2.75) is 26.2 Å². The number of hydrogen-bond acceptors (Lipinski definition) is 7. The molecule has 0 spiro atoms. The van der Waals surface area contributed by atoms with Crippen molar-refractivity contribution >= 4 is 33.3 Å². The molecule has 9 heteroatoms. The van der Waals surface area contributed by atoms with Gasteiger partial charge in [-0.05, 0) is 37.6 Å². The highest BCUT2D eigenvalue weighted by molar-refractivity contribution is 7.20. The molecule has 1 amide bonds. The van der Waals surface area contributed by atoms with Crippen LogP contribution in [-0.4, -0.2) is 42.0 Å². The van der Waals surface area contributed by atoms with Crippen LogP contribution in [0, 0.1) is 13.8 Å². The monoisotopic (exact) mass is 464 g/mol. The number of nitrogens with one attached hydrogen (secondary N) is 1. The summed E-state index contributed by atoms with van der Waals surface area (Å²) in [6.45, 7) is 4.00. The van der Waals surface area contributed by atoms with Crippen molar-refractivity contribution in [1.29, 1.82) is 0 Å². The highest BCUT2D eigenvalue weighted by atomic mass is 32.1. The fourth-order valence-corrected chi connectivity index (χ4v) is 5.48. The molecule has 170 valence electrons. The van der Waals surface area contributed by atoms with Crippen molar-refractivity contribution in [1.82, 2.24) is 14.8 Å². The van der Waals surface area contributed by atoms with Crippen LogP contribution in [0.4, 0.5) is 5.82 Å². The minimum Gasteiger partial charge on any atom is -0.493 e. The molecule has 0 bridgehead atoms. The van der Waals surface area contributed by atoms with Crippen LogP contribution in [-0.2, 0) is 4.79 Å². The van der Waals surface area contributed by atoms with Crippen LogP contribution < -0.4 is 19.5 Å². The summed E-state index contributed by atoms with van der Waals surface area (Å²) < 4.78 is 19.5. The Bertz CT molecular complexity index is 1390. The third kappa shape index (κ3) is 3.39. The molecule has 0 fully saturated rings. The van der Waals surface area contributed by atoms with E-state index in [-0.39, 0.29) is 18.2 Å². The van der Waals surface area contributed by atoms with E-state index in [0.29, 0.717) is 28.2 Å². The van der Waals surface area contributed by atoms with Gasteiger partial charge in [0, 0.05) is 23.5 Å². The molecule has 1 aliphatic heterocycles. The van der Waals surface area contributed by atoms with Crippen molar-refractivity contribution in [2.24, 2.45) is 0 Å². The number of fused-ring (bicyclic) bond motifs is 2. The number of aryl methyl sites for hydroxylation is 2. The van der Waals surface area contributed by atoms with Gasteiger partial charge in [-0.15, -0.1) is 0 Å². The summed E-state index contributed by atoms with van der Waals surface area (Å²) >= 11 is 1.54. The standard InChI is InChI=1S/C24H24N4O4S/c1-12-6-8-16-18(10-12)33-24(25-16)28-23-20(13(2)27-28)15(11-19(29)26-23)14-7-9-17(30-3)22(32-5)21(14)31-4/h6-10,15H,11H2,1-5H3,(H,26,29)/t15-/m1/s1. The Hall–Kier alpha value is -3.59. The van der Waals surface area contributed by atoms with Gasteiger partial charge in [0.15, 0.2) is 11.5 Å². The number of rotatable bonds is 5. The van der Waals surface area contributed by atoms with Gasteiger partial charge in [-0.25, -0.2) is 4.98 Å². The maximum absolute atomic E-state index is 12.8. The number of carbonyl (C=O) groups excluding carboxylic acids is 1. The molecule has 33 heavy (non-hydrogen) atoms. The lowest BCUT2D eigenvalue weighted by molar-refractivity contribution is -0.116. The molecule has 2 aromatic carbocycles. The van der Waals surface area contributed by atoms with Gasteiger partial charge in [-0.3, -0.25) is 4.79 Å². The highest BCUT2D eigenvalue weighted by Gasteiger charge is 2.36. The largest absolute Gasteiger partial charge is 0.493 e. The predicted molar refractivity (Wildman–Crippen MR) is 127 cm³/mol. The Morgan fingerprint density at radius 1 is 1.06 bits per heavy atom. The van der Waals surface area contributed by atoms with Crippen molar-refractivity contribution in [3.05, 3.63) is 52.7 Å². The Kier molecular flexibility index (Phi) is 5.20. The highest BCUT2D eigenvalue weighted by Crippen LogP contribution is 2.48. The number of anilines is 1. The zero-order chi connectivity index (χ0) is 23.3. The summed E-state index contributed by atoms with van der Waals surface area (Å²) in [5.74, 6) is 1.90. The predicted octanol–water partition coefficient (Wildman–Crippen LogP) is 4.60. The van der Waals surface area contributed by atoms with E-state index in [1.165, 1.54) is 5.56 Å². The van der Waals surface area contributed by atoms with Gasteiger partial charge in [0.1, 0.15) is 5.82 Å². The van der Waals surface area contributed by atoms with E-state index in [1.54, 1.807) is 37.3 Å². The van der Waals surface area contributed by atoms with Gasteiger partial charge in [-0.2, -0.15) is 9.78 Å². The van der Waals surface area contributed by atoms with E-state index in [1.807, 2.05) is 31.2 Å². The van der Waals surface area contributed by atoms with E-state index >= 15 is 0 Å². The van der Waals surface area contributed by atoms with E-state index in [2.05, 4.69) is 18.3 Å². The number of nitrogens with zero attached hydrogens (tertiary/aromatic N) is 3. The molecule has 8 nitrogen and oxygen atoms in total. The number of carbonyl (C=O) groups is 1. The SMILES string of the molecule is COc1ccc([C@H]2CC(=O)Nc3c2c(C)nn3-c2nc3ccc(C)cc3s2)c(OC)c1OC. The molecule has 4 aromatic rings. The Morgan fingerprint density at radius 3 is 2.58 bits per heavy atom. The summed E-state index contributed by atoms with van der Waals surface area (Å²) in [7, 11) is 4.74. The van der Waals surface area contributed by atoms with Gasteiger partial charge < -0.3 is 19.5 Å². The maximum Gasteiger partial charge on any atom is 0.226 e. The molecule has 0 unspecified atom stereocenters. The quantitative estimate of drug-likeness (QED) is 0.465. The topological polar surface area (TPSA) is 87.5 Å². The van der Waals surface area contributed by atoms with Crippen molar-refractivity contribution in [2.75, 3.05) is 26.6 Å². The second-order valence-corrected chi connectivity index (χ2v) is 8.96. The number of amides is 1. The first-order valence-electron chi connectivity index (χ1n) is 10.5. The molecular formula is C24H24N4O4S. The lowest BCUT2D eigenvalue weighted by atomic mass is 9.85. The zero-order valence-corrected chi connectivity index (χ0v) is 19.9. The molecule has 0 saturated heterocycles. The number of methoxy groups -OCH3 is 3. The van der Waals surface area contributed by atoms with Crippen molar-refractivity contribution in [3.63, 3.8) is 0 Å². The number of hydrogen-bond donors (Lipinski definition) is 1. The summed E-state index contributed by atoms with van der Waals surface area (Å²) in [5.41, 5.74) is 4.68. The van der Waals surface area contributed by atoms with Crippen LogP contribution >= 0.6 is 11.3 Å². The normalized spacial score (nSPS) is 15.3. The summed E-state index contributed by atoms with van der Waals surface area (Å²) in [4.78, 5) is 17.6. The molecule has 5 rings (SSSR count). The smallest absolute Gasteiger partial charge is 0.226 e. The molecule has 0 saturated carbocycles. The number of aromatic nitrogens is 3. The molecular weight excluding hydrogens is 440 g/mol. The second-order valence-electron chi connectivity index (χ2n) is 7.96. The Balaban J connectivity index is 1.68.